The molecular weight excluding hydrogens is 197 g/mol. The Bertz CT molecular complexity index is 246. The van der Waals surface area contributed by atoms with Crippen LogP contribution in [0.25, 0.3) is 0 Å². The number of rotatable bonds is 1. The van der Waals surface area contributed by atoms with E-state index in [-0.39, 0.29) is 0 Å². The lowest BCUT2D eigenvalue weighted by Gasteiger charge is -2.18. The topological polar surface area (TPSA) is 26.3 Å². The molecule has 14 heavy (non-hydrogen) atoms. The molecule has 0 heterocycles. The Hall–Kier alpha value is -1.00. The fourth-order valence-corrected chi connectivity index (χ4v) is 0.533. The zero-order chi connectivity index (χ0) is 11.6. The van der Waals surface area contributed by atoms with Crippen LogP contribution in [0.4, 0.5) is 13.2 Å². The molecule has 0 rings (SSSR count). The summed E-state index contributed by atoms with van der Waals surface area (Å²) < 4.78 is 40.6. The molecule has 0 aromatic carbocycles. The molecule has 0 aliphatic rings. The first-order chi connectivity index (χ1) is 6.09. The highest BCUT2D eigenvalue weighted by Crippen LogP contribution is 2.28. The number of carbonyl (C=O) groups excluding carboxylic acids is 1. The van der Waals surface area contributed by atoms with Gasteiger partial charge in [-0.05, 0) is 33.8 Å². The van der Waals surface area contributed by atoms with Crippen LogP contribution in [0.3, 0.4) is 0 Å². The van der Waals surface area contributed by atoms with Crippen molar-refractivity contribution < 1.29 is 22.7 Å². The zero-order valence-corrected chi connectivity index (χ0v) is 8.53. The Balaban J connectivity index is 4.61. The standard InChI is InChI=1S/C9H13F3O2/c1-5-6(9(10,11)12)14-7(13)8(2,3)4/h5H,1-4H3/b6-5-. The van der Waals surface area contributed by atoms with Gasteiger partial charge in [-0.25, -0.2) is 0 Å². The molecule has 0 saturated carbocycles. The number of allylic oxidation sites excluding steroid dienone is 2. The first kappa shape index (κ1) is 13.0. The Morgan fingerprint density at radius 3 is 1.86 bits per heavy atom. The largest absolute Gasteiger partial charge is 0.449 e. The number of carbonyl (C=O) groups is 1. The molecule has 0 atom stereocenters. The molecule has 0 bridgehead atoms. The van der Waals surface area contributed by atoms with Gasteiger partial charge in [0.05, 0.1) is 5.41 Å². The van der Waals surface area contributed by atoms with Gasteiger partial charge in [0.2, 0.25) is 5.76 Å². The molecule has 0 unspecified atom stereocenters. The maximum atomic E-state index is 12.1. The second-order valence-electron chi connectivity index (χ2n) is 3.79. The van der Waals surface area contributed by atoms with Gasteiger partial charge < -0.3 is 4.74 Å². The summed E-state index contributed by atoms with van der Waals surface area (Å²) in [5, 5.41) is 0. The van der Waals surface area contributed by atoms with Gasteiger partial charge in [-0.3, -0.25) is 4.79 Å². The van der Waals surface area contributed by atoms with Gasteiger partial charge in [0.25, 0.3) is 0 Å². The molecule has 0 spiro atoms. The summed E-state index contributed by atoms with van der Waals surface area (Å²) in [6, 6.07) is 0. The normalized spacial score (nSPS) is 14.1. The summed E-state index contributed by atoms with van der Waals surface area (Å²) in [5.41, 5.74) is -0.945. The van der Waals surface area contributed by atoms with Crippen LogP contribution in [0, 0.1) is 5.41 Å². The SMILES string of the molecule is C/C=C(\OC(=O)C(C)(C)C)C(F)(F)F. The fraction of sp³-hybridized carbons (Fsp3) is 0.667. The first-order valence-corrected chi connectivity index (χ1v) is 4.05. The highest BCUT2D eigenvalue weighted by atomic mass is 19.4. The lowest BCUT2D eigenvalue weighted by Crippen LogP contribution is -2.26. The van der Waals surface area contributed by atoms with Crippen molar-refractivity contribution in [3.05, 3.63) is 11.8 Å². The molecule has 82 valence electrons. The minimum absolute atomic E-state index is 0.726. The van der Waals surface area contributed by atoms with Crippen LogP contribution in [0.2, 0.25) is 0 Å². The van der Waals surface area contributed by atoms with Crippen LogP contribution < -0.4 is 0 Å². The molecule has 0 aliphatic heterocycles. The minimum Gasteiger partial charge on any atom is -0.421 e. The van der Waals surface area contributed by atoms with E-state index >= 15 is 0 Å². The van der Waals surface area contributed by atoms with E-state index in [0.717, 1.165) is 6.08 Å². The van der Waals surface area contributed by atoms with Gasteiger partial charge in [0.1, 0.15) is 0 Å². The third-order valence-electron chi connectivity index (χ3n) is 1.36. The van der Waals surface area contributed by atoms with Gasteiger partial charge >= 0.3 is 12.1 Å². The average Bonchev–Trinajstić information content (AvgIpc) is 1.95. The minimum atomic E-state index is -4.62. The fourth-order valence-electron chi connectivity index (χ4n) is 0.533. The number of hydrogen-bond acceptors (Lipinski definition) is 2. The monoisotopic (exact) mass is 210 g/mol. The predicted molar refractivity (Wildman–Crippen MR) is 45.4 cm³/mol. The van der Waals surface area contributed by atoms with Crippen molar-refractivity contribution in [2.75, 3.05) is 0 Å². The zero-order valence-electron chi connectivity index (χ0n) is 8.53. The third-order valence-corrected chi connectivity index (χ3v) is 1.36. The van der Waals surface area contributed by atoms with Gasteiger partial charge in [-0.1, -0.05) is 0 Å². The molecule has 0 N–H and O–H groups in total. The van der Waals surface area contributed by atoms with E-state index < -0.39 is 23.3 Å². The number of ether oxygens (including phenoxy) is 1. The Morgan fingerprint density at radius 2 is 1.64 bits per heavy atom. The Morgan fingerprint density at radius 1 is 1.21 bits per heavy atom. The Kier molecular flexibility index (Phi) is 3.73. The van der Waals surface area contributed by atoms with Crippen molar-refractivity contribution in [3.63, 3.8) is 0 Å². The maximum Gasteiger partial charge on any atom is 0.449 e. The lowest BCUT2D eigenvalue weighted by molar-refractivity contribution is -0.167. The molecule has 0 aromatic rings. The van der Waals surface area contributed by atoms with Crippen LogP contribution in [-0.4, -0.2) is 12.1 Å². The second-order valence-corrected chi connectivity index (χ2v) is 3.79. The smallest absolute Gasteiger partial charge is 0.421 e. The summed E-state index contributed by atoms with van der Waals surface area (Å²) in [6.07, 6.45) is -3.89. The summed E-state index contributed by atoms with van der Waals surface area (Å²) >= 11 is 0. The molecule has 0 radical (unpaired) electrons. The van der Waals surface area contributed by atoms with Crippen LogP contribution >= 0.6 is 0 Å². The van der Waals surface area contributed by atoms with Crippen LogP contribution in [-0.2, 0) is 9.53 Å². The first-order valence-electron chi connectivity index (χ1n) is 4.05. The van der Waals surface area contributed by atoms with Crippen molar-refractivity contribution in [2.45, 2.75) is 33.9 Å². The van der Waals surface area contributed by atoms with Gasteiger partial charge in [0, 0.05) is 0 Å². The van der Waals surface area contributed by atoms with Gasteiger partial charge in [-0.15, -0.1) is 0 Å². The quantitative estimate of drug-likeness (QED) is 0.491. The van der Waals surface area contributed by atoms with E-state index in [1.165, 1.54) is 27.7 Å². The maximum absolute atomic E-state index is 12.1. The number of alkyl halides is 3. The lowest BCUT2D eigenvalue weighted by atomic mass is 9.97. The van der Waals surface area contributed by atoms with Crippen molar-refractivity contribution in [1.82, 2.24) is 0 Å². The van der Waals surface area contributed by atoms with E-state index in [0.29, 0.717) is 0 Å². The van der Waals surface area contributed by atoms with E-state index in [2.05, 4.69) is 4.74 Å². The van der Waals surface area contributed by atoms with Crippen LogP contribution in [0.1, 0.15) is 27.7 Å². The third kappa shape index (κ3) is 3.81. The van der Waals surface area contributed by atoms with E-state index in [1.807, 2.05) is 0 Å². The number of hydrogen-bond donors (Lipinski definition) is 0. The van der Waals surface area contributed by atoms with Crippen molar-refractivity contribution >= 4 is 5.97 Å². The molecular formula is C9H13F3O2. The van der Waals surface area contributed by atoms with Gasteiger partial charge in [0.15, 0.2) is 0 Å². The molecule has 0 aliphatic carbocycles. The van der Waals surface area contributed by atoms with E-state index in [4.69, 9.17) is 0 Å². The molecule has 2 nitrogen and oxygen atoms in total. The van der Waals surface area contributed by atoms with Crippen molar-refractivity contribution in [2.24, 2.45) is 5.41 Å². The molecule has 0 aromatic heterocycles. The van der Waals surface area contributed by atoms with Crippen molar-refractivity contribution in [1.29, 1.82) is 0 Å². The number of halogens is 3. The highest BCUT2D eigenvalue weighted by molar-refractivity contribution is 5.76. The molecule has 0 amide bonds. The Labute approximate surface area is 80.7 Å². The van der Waals surface area contributed by atoms with E-state index in [9.17, 15) is 18.0 Å². The molecule has 0 saturated heterocycles. The average molecular weight is 210 g/mol. The van der Waals surface area contributed by atoms with E-state index in [1.54, 1.807) is 0 Å². The van der Waals surface area contributed by atoms with Crippen molar-refractivity contribution in [3.8, 4) is 0 Å². The second kappa shape index (κ2) is 4.02. The van der Waals surface area contributed by atoms with Crippen LogP contribution in [0.5, 0.6) is 0 Å². The highest BCUT2D eigenvalue weighted by Gasteiger charge is 2.38. The summed E-state index contributed by atoms with van der Waals surface area (Å²) in [7, 11) is 0. The van der Waals surface area contributed by atoms with Gasteiger partial charge in [-0.2, -0.15) is 13.2 Å². The number of esters is 1. The summed E-state index contributed by atoms with van der Waals surface area (Å²) in [6.45, 7) is 5.62. The molecule has 5 heteroatoms. The van der Waals surface area contributed by atoms with Crippen LogP contribution in [0.15, 0.2) is 11.8 Å². The molecule has 0 fully saturated rings. The summed E-state index contributed by atoms with van der Waals surface area (Å²) in [5.74, 6) is -2.17. The summed E-state index contributed by atoms with van der Waals surface area (Å²) in [4.78, 5) is 11.1. The predicted octanol–water partition coefficient (Wildman–Crippen LogP) is 3.04.